The van der Waals surface area contributed by atoms with Gasteiger partial charge in [-0.05, 0) is 19.4 Å². The lowest BCUT2D eigenvalue weighted by molar-refractivity contribution is -0.138. The topological polar surface area (TPSA) is 92.4 Å². The minimum Gasteiger partial charge on any atom is -0.481 e. The Morgan fingerprint density at radius 2 is 1.89 bits per heavy atom. The highest BCUT2D eigenvalue weighted by Gasteiger charge is 2.24. The van der Waals surface area contributed by atoms with Crippen LogP contribution in [0.2, 0.25) is 0 Å². The molecule has 1 unspecified atom stereocenters. The van der Waals surface area contributed by atoms with Gasteiger partial charge in [-0.2, -0.15) is 0 Å². The van der Waals surface area contributed by atoms with Gasteiger partial charge in [-0.25, -0.2) is 0 Å². The van der Waals surface area contributed by atoms with Crippen molar-refractivity contribution in [1.82, 2.24) is 5.32 Å². The number of hydrogen-bond acceptors (Lipinski definition) is 3. The van der Waals surface area contributed by atoms with Gasteiger partial charge in [0.1, 0.15) is 0 Å². The Balaban J connectivity index is 2.54. The minimum absolute atomic E-state index is 0.126. The van der Waals surface area contributed by atoms with Crippen LogP contribution >= 0.6 is 0 Å². The average molecular weight is 264 g/mol. The highest BCUT2D eigenvalue weighted by atomic mass is 16.4. The van der Waals surface area contributed by atoms with Crippen LogP contribution in [0.15, 0.2) is 30.3 Å². The Morgan fingerprint density at radius 3 is 2.42 bits per heavy atom. The molecule has 0 aliphatic carbocycles. The van der Waals surface area contributed by atoms with Crippen molar-refractivity contribution in [2.75, 3.05) is 0 Å². The number of carboxylic acid groups (broad SMARTS) is 1. The number of rotatable bonds is 6. The Morgan fingerprint density at radius 1 is 1.32 bits per heavy atom. The van der Waals surface area contributed by atoms with Crippen molar-refractivity contribution in [3.8, 4) is 0 Å². The first-order valence-corrected chi connectivity index (χ1v) is 6.13. The molecule has 0 heterocycles. The molecule has 1 atom stereocenters. The van der Waals surface area contributed by atoms with E-state index < -0.39 is 11.5 Å². The maximum atomic E-state index is 11.8. The lowest BCUT2D eigenvalue weighted by Gasteiger charge is -2.25. The summed E-state index contributed by atoms with van der Waals surface area (Å²) in [6.07, 6.45) is 0.00633. The molecule has 1 rings (SSSR count). The van der Waals surface area contributed by atoms with Gasteiger partial charge in [0, 0.05) is 18.0 Å². The van der Waals surface area contributed by atoms with Gasteiger partial charge in [0.05, 0.1) is 6.42 Å². The van der Waals surface area contributed by atoms with Crippen molar-refractivity contribution < 1.29 is 14.7 Å². The predicted octanol–water partition coefficient (Wildman–Crippen LogP) is 1.45. The fourth-order valence-electron chi connectivity index (χ4n) is 1.87. The van der Waals surface area contributed by atoms with Gasteiger partial charge in [0.15, 0.2) is 0 Å². The van der Waals surface area contributed by atoms with E-state index in [-0.39, 0.29) is 24.8 Å². The molecule has 0 radical (unpaired) electrons. The monoisotopic (exact) mass is 264 g/mol. The molecule has 0 saturated carbocycles. The molecular formula is C14H20N2O3. The quantitative estimate of drug-likeness (QED) is 0.725. The van der Waals surface area contributed by atoms with E-state index in [0.717, 1.165) is 5.56 Å². The lowest BCUT2D eigenvalue weighted by Crippen LogP contribution is -2.45. The van der Waals surface area contributed by atoms with Gasteiger partial charge < -0.3 is 16.2 Å². The molecule has 5 heteroatoms. The standard InChI is InChI=1S/C14H20N2O3/c1-14(2,9-13(18)19)16-12(17)8-11(15)10-6-4-3-5-7-10/h3-7,11H,8-9,15H2,1-2H3,(H,16,17)(H,18,19). The van der Waals surface area contributed by atoms with Crippen molar-refractivity contribution in [1.29, 1.82) is 0 Å². The van der Waals surface area contributed by atoms with Crippen LogP contribution < -0.4 is 11.1 Å². The number of hydrogen-bond donors (Lipinski definition) is 3. The molecule has 0 fully saturated rings. The fraction of sp³-hybridized carbons (Fsp3) is 0.429. The average Bonchev–Trinajstić information content (AvgIpc) is 2.27. The maximum Gasteiger partial charge on any atom is 0.305 e. The van der Waals surface area contributed by atoms with Crippen LogP contribution in [0.1, 0.15) is 38.3 Å². The van der Waals surface area contributed by atoms with Gasteiger partial charge >= 0.3 is 5.97 Å². The van der Waals surface area contributed by atoms with E-state index in [2.05, 4.69) is 5.32 Å². The molecule has 0 spiro atoms. The summed E-state index contributed by atoms with van der Waals surface area (Å²) in [6.45, 7) is 3.35. The Hall–Kier alpha value is -1.88. The zero-order valence-electron chi connectivity index (χ0n) is 11.2. The molecule has 0 saturated heterocycles. The molecule has 5 nitrogen and oxygen atoms in total. The SMILES string of the molecule is CC(C)(CC(=O)O)NC(=O)CC(N)c1ccccc1. The van der Waals surface area contributed by atoms with E-state index >= 15 is 0 Å². The second-order valence-corrected chi connectivity index (χ2v) is 5.22. The van der Waals surface area contributed by atoms with Crippen LogP contribution in [-0.2, 0) is 9.59 Å². The number of carbonyl (C=O) groups excluding carboxylic acids is 1. The second kappa shape index (κ2) is 6.33. The Labute approximate surface area is 112 Å². The third-order valence-electron chi connectivity index (χ3n) is 2.70. The highest BCUT2D eigenvalue weighted by molar-refractivity contribution is 5.78. The highest BCUT2D eigenvalue weighted by Crippen LogP contribution is 2.15. The first-order chi connectivity index (χ1) is 8.80. The molecule has 4 N–H and O–H groups in total. The zero-order chi connectivity index (χ0) is 14.5. The van der Waals surface area contributed by atoms with E-state index in [4.69, 9.17) is 10.8 Å². The number of benzene rings is 1. The van der Waals surface area contributed by atoms with Gasteiger partial charge in [0.25, 0.3) is 0 Å². The van der Waals surface area contributed by atoms with Crippen molar-refractivity contribution in [3.05, 3.63) is 35.9 Å². The summed E-state index contributed by atoms with van der Waals surface area (Å²) >= 11 is 0. The molecule has 1 aromatic rings. The van der Waals surface area contributed by atoms with Crippen molar-refractivity contribution >= 4 is 11.9 Å². The molecule has 0 aromatic heterocycles. The summed E-state index contributed by atoms with van der Waals surface area (Å²) in [5, 5.41) is 11.4. The van der Waals surface area contributed by atoms with E-state index in [1.165, 1.54) is 0 Å². The zero-order valence-corrected chi connectivity index (χ0v) is 11.2. The molecule has 104 valence electrons. The number of nitrogens with one attached hydrogen (secondary N) is 1. The van der Waals surface area contributed by atoms with Crippen molar-refractivity contribution in [3.63, 3.8) is 0 Å². The summed E-state index contributed by atoms with van der Waals surface area (Å²) < 4.78 is 0. The van der Waals surface area contributed by atoms with Crippen LogP contribution in [0.3, 0.4) is 0 Å². The second-order valence-electron chi connectivity index (χ2n) is 5.22. The number of amides is 1. The van der Waals surface area contributed by atoms with E-state index in [0.29, 0.717) is 0 Å². The molecule has 1 aromatic carbocycles. The minimum atomic E-state index is -0.947. The third-order valence-corrected chi connectivity index (χ3v) is 2.70. The van der Waals surface area contributed by atoms with Gasteiger partial charge in [-0.3, -0.25) is 9.59 Å². The lowest BCUT2D eigenvalue weighted by atomic mass is 9.99. The Bertz CT molecular complexity index is 443. The number of nitrogens with two attached hydrogens (primary N) is 1. The Kier molecular flexibility index (Phi) is 5.06. The largest absolute Gasteiger partial charge is 0.481 e. The first-order valence-electron chi connectivity index (χ1n) is 6.13. The molecule has 0 aliphatic heterocycles. The molecule has 19 heavy (non-hydrogen) atoms. The van der Waals surface area contributed by atoms with Crippen LogP contribution in [-0.4, -0.2) is 22.5 Å². The fourth-order valence-corrected chi connectivity index (χ4v) is 1.87. The third kappa shape index (κ3) is 5.52. The molecule has 0 aliphatic rings. The van der Waals surface area contributed by atoms with E-state index in [9.17, 15) is 9.59 Å². The van der Waals surface area contributed by atoms with Gasteiger partial charge in [0.2, 0.25) is 5.91 Å². The van der Waals surface area contributed by atoms with E-state index in [1.807, 2.05) is 30.3 Å². The summed E-state index contributed by atoms with van der Waals surface area (Å²) in [5.74, 6) is -1.19. The summed E-state index contributed by atoms with van der Waals surface area (Å²) in [5.41, 5.74) is 6.04. The first kappa shape index (κ1) is 15.2. The van der Waals surface area contributed by atoms with Crippen LogP contribution in [0.25, 0.3) is 0 Å². The van der Waals surface area contributed by atoms with Crippen LogP contribution in [0.4, 0.5) is 0 Å². The van der Waals surface area contributed by atoms with Crippen molar-refractivity contribution in [2.45, 2.75) is 38.3 Å². The normalized spacial score (nSPS) is 12.8. The number of carbonyl (C=O) groups is 2. The van der Waals surface area contributed by atoms with Crippen molar-refractivity contribution in [2.24, 2.45) is 5.73 Å². The number of carboxylic acids is 1. The van der Waals surface area contributed by atoms with E-state index in [1.54, 1.807) is 13.8 Å². The smallest absolute Gasteiger partial charge is 0.305 e. The van der Waals surface area contributed by atoms with Crippen LogP contribution in [0, 0.1) is 0 Å². The summed E-state index contributed by atoms with van der Waals surface area (Å²) in [6, 6.07) is 8.94. The van der Waals surface area contributed by atoms with Crippen LogP contribution in [0.5, 0.6) is 0 Å². The van der Waals surface area contributed by atoms with Gasteiger partial charge in [-0.15, -0.1) is 0 Å². The molecule has 1 amide bonds. The summed E-state index contributed by atoms with van der Waals surface area (Å²) in [7, 11) is 0. The summed E-state index contributed by atoms with van der Waals surface area (Å²) in [4.78, 5) is 22.5. The predicted molar refractivity (Wildman–Crippen MR) is 72.5 cm³/mol. The van der Waals surface area contributed by atoms with Gasteiger partial charge in [-0.1, -0.05) is 30.3 Å². The maximum absolute atomic E-state index is 11.8. The molecule has 0 bridgehead atoms. The molecular weight excluding hydrogens is 244 g/mol. The number of aliphatic carboxylic acids is 1.